The number of hydrogen-bond acceptors (Lipinski definition) is 14. The summed E-state index contributed by atoms with van der Waals surface area (Å²) in [5, 5.41) is 50.0. The summed E-state index contributed by atoms with van der Waals surface area (Å²) in [6.45, 7) is 4.97. The molecule has 0 saturated carbocycles. The number of aryl methyl sites for hydroxylation is 3. The molecule has 3 aromatic carbocycles. The Balaban J connectivity index is 1.35. The van der Waals surface area contributed by atoms with E-state index in [4.69, 9.17) is 24.9 Å². The fraction of sp³-hybridized carbons (Fsp3) is 0.511. The summed E-state index contributed by atoms with van der Waals surface area (Å²) in [7, 11) is 3.56. The largest absolute Gasteiger partial charge is 0.504 e. The van der Waals surface area contributed by atoms with Gasteiger partial charge in [0.1, 0.15) is 12.5 Å². The van der Waals surface area contributed by atoms with Crippen LogP contribution in [0.5, 0.6) is 23.0 Å². The van der Waals surface area contributed by atoms with Crippen molar-refractivity contribution in [1.29, 1.82) is 0 Å². The molecule has 6 rings (SSSR count). The van der Waals surface area contributed by atoms with Crippen molar-refractivity contribution in [1.82, 2.24) is 10.6 Å². The van der Waals surface area contributed by atoms with E-state index in [1.165, 1.54) is 11.6 Å². The van der Waals surface area contributed by atoms with E-state index in [0.29, 0.717) is 73.3 Å². The minimum Gasteiger partial charge on any atom is -0.504 e. The molecule has 5 atom stereocenters. The van der Waals surface area contributed by atoms with Crippen LogP contribution in [0.4, 0.5) is 0 Å². The third-order valence-corrected chi connectivity index (χ3v) is 13.7. The quantitative estimate of drug-likeness (QED) is 0.0600. The lowest BCUT2D eigenvalue weighted by atomic mass is 9.81. The third-order valence-electron chi connectivity index (χ3n) is 11.2. The number of nitrogens with two attached hydrogens (primary N) is 1. The second-order valence-corrected chi connectivity index (χ2v) is 18.3. The molecule has 0 saturated heterocycles. The van der Waals surface area contributed by atoms with Crippen LogP contribution in [0.1, 0.15) is 72.9 Å². The van der Waals surface area contributed by atoms with Crippen LogP contribution in [-0.4, -0.2) is 88.7 Å². The maximum atomic E-state index is 13.1. The minimum atomic E-state index is -1.16. The molecule has 0 radical (unpaired) electrons. The number of Topliss-reactive ketones (excluding diaryl/α,β-unsaturated/α-hetero) is 1. The molecule has 2 aliphatic heterocycles. The molecular formula is C45H58N4O8S2. The maximum Gasteiger partial charge on any atom is 0.201 e. The highest BCUT2D eigenvalue weighted by Gasteiger charge is 2.38. The van der Waals surface area contributed by atoms with Gasteiger partial charge < -0.3 is 45.7 Å². The van der Waals surface area contributed by atoms with E-state index < -0.39 is 19.2 Å². The molecule has 0 amide bonds. The molecule has 0 spiro atoms. The molecule has 1 aliphatic carbocycles. The van der Waals surface area contributed by atoms with Crippen molar-refractivity contribution in [3.8, 4) is 34.8 Å². The lowest BCUT2D eigenvalue weighted by Gasteiger charge is -2.37. The Kier molecular flexibility index (Phi) is 16.5. The SMILES string of the molecule is CC(C)C1CSSCC(C2Cc3c4cc(c(OCNCCCc5ccccc5)c3OC2O)CC#Cc2c(ccc(O)c2OCO)CCC(=O)CC(O)CC4)CN=C(N)N1. The average molecular weight is 847 g/mol. The van der Waals surface area contributed by atoms with Crippen molar-refractivity contribution >= 4 is 33.3 Å². The zero-order valence-corrected chi connectivity index (χ0v) is 35.6. The predicted octanol–water partition coefficient (Wildman–Crippen LogP) is 4.88. The van der Waals surface area contributed by atoms with Gasteiger partial charge in [-0.1, -0.05) is 89.7 Å². The Labute approximate surface area is 355 Å². The van der Waals surface area contributed by atoms with Gasteiger partial charge in [0.25, 0.3) is 0 Å². The van der Waals surface area contributed by atoms with Crippen LogP contribution in [0, 0.1) is 29.6 Å². The number of aliphatic hydroxyl groups excluding tert-OH is 3. The fourth-order valence-corrected chi connectivity index (χ4v) is 10.6. The summed E-state index contributed by atoms with van der Waals surface area (Å²) < 4.78 is 18.5. The molecule has 2 heterocycles. The minimum absolute atomic E-state index is 0.00872. The molecule has 59 heavy (non-hydrogen) atoms. The maximum absolute atomic E-state index is 13.1. The predicted molar refractivity (Wildman–Crippen MR) is 234 cm³/mol. The summed E-state index contributed by atoms with van der Waals surface area (Å²) >= 11 is 0. The van der Waals surface area contributed by atoms with E-state index in [-0.39, 0.29) is 61.2 Å². The van der Waals surface area contributed by atoms with Crippen LogP contribution in [0.2, 0.25) is 0 Å². The summed E-state index contributed by atoms with van der Waals surface area (Å²) in [5.74, 6) is 9.08. The summed E-state index contributed by atoms with van der Waals surface area (Å²) in [6.07, 6.45) is 1.78. The molecule has 5 unspecified atom stereocenters. The van der Waals surface area contributed by atoms with Gasteiger partial charge in [-0.2, -0.15) is 0 Å². The van der Waals surface area contributed by atoms with Crippen molar-refractivity contribution in [3.63, 3.8) is 0 Å². The van der Waals surface area contributed by atoms with Crippen LogP contribution in [0.3, 0.4) is 0 Å². The fourth-order valence-electron chi connectivity index (χ4n) is 7.73. The van der Waals surface area contributed by atoms with Crippen molar-refractivity contribution in [2.24, 2.45) is 28.5 Å². The first-order valence-corrected chi connectivity index (χ1v) is 23.1. The number of guanidine groups is 1. The van der Waals surface area contributed by atoms with E-state index in [0.717, 1.165) is 41.0 Å². The highest BCUT2D eigenvalue weighted by molar-refractivity contribution is 8.76. The van der Waals surface area contributed by atoms with E-state index in [2.05, 4.69) is 48.5 Å². The number of benzene rings is 3. The second kappa shape index (κ2) is 21.9. The molecule has 3 aliphatic rings. The molecule has 2 bridgehead atoms. The number of carbonyl (C=O) groups is 1. The normalized spacial score (nSPS) is 22.8. The van der Waals surface area contributed by atoms with Crippen LogP contribution in [0.25, 0.3) is 0 Å². The number of carbonyl (C=O) groups excluding carboxylic acids is 1. The first kappa shape index (κ1) is 44.5. The number of nitrogens with zero attached hydrogens (tertiary/aromatic N) is 1. The molecule has 12 nitrogen and oxygen atoms in total. The van der Waals surface area contributed by atoms with E-state index >= 15 is 0 Å². The number of aliphatic hydroxyl groups is 3. The molecule has 14 heteroatoms. The summed E-state index contributed by atoms with van der Waals surface area (Å²) in [4.78, 5) is 17.9. The Morgan fingerprint density at radius 1 is 1.02 bits per heavy atom. The van der Waals surface area contributed by atoms with Crippen LogP contribution >= 0.6 is 21.6 Å². The van der Waals surface area contributed by atoms with Gasteiger partial charge in [0, 0.05) is 60.4 Å². The first-order chi connectivity index (χ1) is 28.6. The van der Waals surface area contributed by atoms with Gasteiger partial charge in [0.15, 0.2) is 35.8 Å². The lowest BCUT2D eigenvalue weighted by molar-refractivity contribution is -0.121. The Morgan fingerprint density at radius 3 is 2.63 bits per heavy atom. The molecule has 0 aromatic heterocycles. The third kappa shape index (κ3) is 12.2. The highest BCUT2D eigenvalue weighted by Crippen LogP contribution is 2.46. The van der Waals surface area contributed by atoms with Crippen LogP contribution in [0.15, 0.2) is 53.5 Å². The first-order valence-electron chi connectivity index (χ1n) is 20.6. The van der Waals surface area contributed by atoms with Crippen molar-refractivity contribution < 1.29 is 39.4 Å². The number of ketones is 1. The summed E-state index contributed by atoms with van der Waals surface area (Å²) in [5.41, 5.74) is 11.2. The Bertz CT molecular complexity index is 1970. The van der Waals surface area contributed by atoms with Gasteiger partial charge in [0.2, 0.25) is 6.29 Å². The molecule has 3 aromatic rings. The monoisotopic (exact) mass is 846 g/mol. The van der Waals surface area contributed by atoms with E-state index in [1.807, 2.05) is 24.3 Å². The lowest BCUT2D eigenvalue weighted by Crippen LogP contribution is -2.45. The topological polar surface area (TPSA) is 188 Å². The molecule has 318 valence electrons. The van der Waals surface area contributed by atoms with Gasteiger partial charge in [-0.3, -0.25) is 15.1 Å². The van der Waals surface area contributed by atoms with Gasteiger partial charge in [-0.15, -0.1) is 0 Å². The van der Waals surface area contributed by atoms with Crippen molar-refractivity contribution in [2.45, 2.75) is 90.1 Å². The van der Waals surface area contributed by atoms with Crippen LogP contribution < -0.4 is 30.6 Å². The Hall–Kier alpha value is -4.10. The number of phenolic OH excluding ortho intramolecular Hbond substituents is 1. The highest BCUT2D eigenvalue weighted by atomic mass is 33.1. The van der Waals surface area contributed by atoms with Crippen LogP contribution in [-0.2, 0) is 36.9 Å². The number of phenols is 1. The van der Waals surface area contributed by atoms with Gasteiger partial charge in [0.05, 0.1) is 11.7 Å². The number of nitrogens with one attached hydrogen (secondary N) is 2. The van der Waals surface area contributed by atoms with E-state index in [9.17, 15) is 25.2 Å². The number of ether oxygens (including phenoxy) is 3. The number of aromatic hydroxyl groups is 1. The van der Waals surface area contributed by atoms with E-state index in [1.54, 1.807) is 27.7 Å². The van der Waals surface area contributed by atoms with Crippen molar-refractivity contribution in [2.75, 3.05) is 38.1 Å². The van der Waals surface area contributed by atoms with Gasteiger partial charge in [-0.05, 0) is 79.7 Å². The zero-order chi connectivity index (χ0) is 41.7. The van der Waals surface area contributed by atoms with Gasteiger partial charge in [-0.25, -0.2) is 0 Å². The molecule has 0 fully saturated rings. The average Bonchev–Trinajstić information content (AvgIpc) is 3.22. The summed E-state index contributed by atoms with van der Waals surface area (Å²) in [6, 6.07) is 15.7. The number of aliphatic imine (C=N–C) groups is 1. The number of hydrogen-bond donors (Lipinski definition) is 7. The number of rotatable bonds is 11. The van der Waals surface area contributed by atoms with Crippen molar-refractivity contribution in [3.05, 3.63) is 81.9 Å². The Morgan fingerprint density at radius 2 is 1.83 bits per heavy atom. The van der Waals surface area contributed by atoms with Gasteiger partial charge >= 0.3 is 0 Å². The zero-order valence-electron chi connectivity index (χ0n) is 34.0. The standard InChI is InChI=1S/C45H58N4O8S2/c1-28(2)39-25-59-58-24-33(23-48-45(46)49-39)38-22-37-31-14-17-35(52)21-34(51)16-13-30-15-18-40(53)42(56-27-50)36(30)12-6-11-32(20-31)41(43(37)57-44(38)54)55-26-47-19-7-10-29-8-4-3-5-9-29/h3-5,8-9,15,18,20,28,33,35,38-39,44,47,50,52-54H,7,10-11,13-14,16-17,19,21-27H2,1-2H3,(H3,46,48,49). The molecular weight excluding hydrogens is 789 g/mol. The smallest absolute Gasteiger partial charge is 0.201 e. The second-order valence-electron chi connectivity index (χ2n) is 15.8. The number of fused-ring (bicyclic) bond motifs is 5. The molecule has 8 N–H and O–H groups in total.